The Bertz CT molecular complexity index is 1180. The lowest BCUT2D eigenvalue weighted by atomic mass is 10.1. The van der Waals surface area contributed by atoms with Crippen molar-refractivity contribution in [2.75, 3.05) is 26.6 Å². The fraction of sp³-hybridized carbons (Fsp3) is 0.143. The number of nitrogens with one attached hydrogen (secondary N) is 1. The van der Waals surface area contributed by atoms with Crippen LogP contribution in [-0.2, 0) is 0 Å². The van der Waals surface area contributed by atoms with Crippen molar-refractivity contribution in [2.24, 2.45) is 0 Å². The highest BCUT2D eigenvalue weighted by molar-refractivity contribution is 7.14. The van der Waals surface area contributed by atoms with Gasteiger partial charge in [0.2, 0.25) is 0 Å². The Hall–Kier alpha value is -3.52. The van der Waals surface area contributed by atoms with Gasteiger partial charge in [0.25, 0.3) is 5.91 Å². The highest BCUT2D eigenvalue weighted by Crippen LogP contribution is 2.35. The first-order chi connectivity index (χ1) is 14.1. The van der Waals surface area contributed by atoms with E-state index < -0.39 is 0 Å². The number of nitrogens with zero attached hydrogens (tertiary/aromatic N) is 1. The van der Waals surface area contributed by atoms with Crippen LogP contribution in [0.1, 0.15) is 10.6 Å². The molecule has 0 aliphatic carbocycles. The Morgan fingerprint density at radius 3 is 2.62 bits per heavy atom. The molecular formula is C21H18N2O5S. The fourth-order valence-electron chi connectivity index (χ4n) is 2.93. The second kappa shape index (κ2) is 7.84. The van der Waals surface area contributed by atoms with Crippen molar-refractivity contribution in [3.8, 4) is 28.5 Å². The van der Waals surface area contributed by atoms with Crippen LogP contribution in [0.4, 0.5) is 5.13 Å². The average Bonchev–Trinajstić information content (AvgIpc) is 3.40. The van der Waals surface area contributed by atoms with E-state index in [9.17, 15) is 4.79 Å². The molecule has 2 aromatic carbocycles. The molecule has 0 atom stereocenters. The molecule has 2 aromatic heterocycles. The molecule has 1 amide bonds. The standard InChI is InChI=1S/C21H18N2O5S/c1-25-13-7-8-14(17(10-13)27-3)15-11-29-21(22-15)23-20(24)18-9-12-5-4-6-16(26-2)19(12)28-18/h4-11H,1-3H3,(H,22,23,24). The Balaban J connectivity index is 1.57. The minimum atomic E-state index is -0.383. The van der Waals surface area contributed by atoms with Crippen molar-refractivity contribution in [3.63, 3.8) is 0 Å². The van der Waals surface area contributed by atoms with Crippen molar-refractivity contribution in [1.82, 2.24) is 4.98 Å². The molecule has 148 valence electrons. The van der Waals surface area contributed by atoms with Gasteiger partial charge in [0.05, 0.1) is 27.0 Å². The molecule has 4 rings (SSSR count). The van der Waals surface area contributed by atoms with Crippen LogP contribution in [0.5, 0.6) is 17.2 Å². The van der Waals surface area contributed by atoms with Gasteiger partial charge in [-0.2, -0.15) is 0 Å². The number of anilines is 1. The number of para-hydroxylation sites is 1. The molecule has 29 heavy (non-hydrogen) atoms. The number of fused-ring (bicyclic) bond motifs is 1. The molecule has 0 saturated heterocycles. The van der Waals surface area contributed by atoms with E-state index in [1.165, 1.54) is 11.3 Å². The second-order valence-corrected chi connectivity index (χ2v) is 6.91. The van der Waals surface area contributed by atoms with Gasteiger partial charge in [0.15, 0.2) is 22.2 Å². The first-order valence-electron chi connectivity index (χ1n) is 8.68. The summed E-state index contributed by atoms with van der Waals surface area (Å²) in [4.78, 5) is 17.1. The Morgan fingerprint density at radius 1 is 1.03 bits per heavy atom. The fourth-order valence-corrected chi connectivity index (χ4v) is 3.64. The number of thiazole rings is 1. The van der Waals surface area contributed by atoms with Crippen molar-refractivity contribution in [3.05, 3.63) is 53.6 Å². The van der Waals surface area contributed by atoms with Crippen LogP contribution in [0.15, 0.2) is 52.3 Å². The maximum absolute atomic E-state index is 12.6. The molecule has 0 aliphatic heterocycles. The van der Waals surface area contributed by atoms with E-state index in [2.05, 4.69) is 10.3 Å². The molecule has 0 bridgehead atoms. The topological polar surface area (TPSA) is 82.8 Å². The van der Waals surface area contributed by atoms with Gasteiger partial charge in [-0.25, -0.2) is 4.98 Å². The molecular weight excluding hydrogens is 392 g/mol. The lowest BCUT2D eigenvalue weighted by Crippen LogP contribution is -2.10. The SMILES string of the molecule is COc1ccc(-c2csc(NC(=O)c3cc4cccc(OC)c4o3)n2)c(OC)c1. The normalized spacial score (nSPS) is 10.7. The number of carbonyl (C=O) groups excluding carboxylic acids is 1. The van der Waals surface area contributed by atoms with Crippen LogP contribution >= 0.6 is 11.3 Å². The lowest BCUT2D eigenvalue weighted by molar-refractivity contribution is 0.0998. The summed E-state index contributed by atoms with van der Waals surface area (Å²) in [6.45, 7) is 0. The lowest BCUT2D eigenvalue weighted by Gasteiger charge is -2.08. The van der Waals surface area contributed by atoms with Crippen LogP contribution in [0.3, 0.4) is 0 Å². The number of rotatable bonds is 6. The third-order valence-corrected chi connectivity index (χ3v) is 5.12. The molecule has 0 spiro atoms. The number of hydrogen-bond acceptors (Lipinski definition) is 7. The number of hydrogen-bond donors (Lipinski definition) is 1. The van der Waals surface area contributed by atoms with Gasteiger partial charge in [-0.3, -0.25) is 10.1 Å². The van der Waals surface area contributed by atoms with Crippen LogP contribution in [0, 0.1) is 0 Å². The number of amides is 1. The predicted octanol–water partition coefficient (Wildman–Crippen LogP) is 4.83. The van der Waals surface area contributed by atoms with E-state index >= 15 is 0 Å². The molecule has 1 N–H and O–H groups in total. The first kappa shape index (κ1) is 18.8. The average molecular weight is 410 g/mol. The summed E-state index contributed by atoms with van der Waals surface area (Å²) in [5, 5.41) is 5.87. The van der Waals surface area contributed by atoms with Gasteiger partial charge in [-0.15, -0.1) is 11.3 Å². The summed E-state index contributed by atoms with van der Waals surface area (Å²) < 4.78 is 21.6. The van der Waals surface area contributed by atoms with Gasteiger partial charge in [0.1, 0.15) is 11.5 Å². The Morgan fingerprint density at radius 2 is 1.86 bits per heavy atom. The number of ether oxygens (including phenoxy) is 3. The molecule has 0 unspecified atom stereocenters. The minimum absolute atomic E-state index is 0.184. The van der Waals surface area contributed by atoms with Crippen molar-refractivity contribution in [2.45, 2.75) is 0 Å². The molecule has 0 saturated carbocycles. The smallest absolute Gasteiger partial charge is 0.293 e. The zero-order chi connectivity index (χ0) is 20.4. The third-order valence-electron chi connectivity index (χ3n) is 4.36. The molecule has 2 heterocycles. The zero-order valence-corrected chi connectivity index (χ0v) is 16.8. The Labute approximate surface area is 170 Å². The summed E-state index contributed by atoms with van der Waals surface area (Å²) >= 11 is 1.31. The predicted molar refractivity (Wildman–Crippen MR) is 111 cm³/mol. The summed E-state index contributed by atoms with van der Waals surface area (Å²) in [7, 11) is 4.74. The maximum atomic E-state index is 12.6. The van der Waals surface area contributed by atoms with Gasteiger partial charge in [-0.1, -0.05) is 12.1 Å². The minimum Gasteiger partial charge on any atom is -0.497 e. The monoisotopic (exact) mass is 410 g/mol. The molecule has 8 heteroatoms. The molecule has 0 fully saturated rings. The van der Waals surface area contributed by atoms with Gasteiger partial charge in [0, 0.05) is 22.4 Å². The quantitative estimate of drug-likeness (QED) is 0.490. The van der Waals surface area contributed by atoms with Crippen molar-refractivity contribution >= 4 is 33.3 Å². The summed E-state index contributed by atoms with van der Waals surface area (Å²) in [5.41, 5.74) is 2.03. The molecule has 7 nitrogen and oxygen atoms in total. The third kappa shape index (κ3) is 3.62. The van der Waals surface area contributed by atoms with E-state index in [4.69, 9.17) is 18.6 Å². The summed E-state index contributed by atoms with van der Waals surface area (Å²) in [6, 6.07) is 12.6. The molecule has 0 aliphatic rings. The van der Waals surface area contributed by atoms with E-state index in [0.29, 0.717) is 33.7 Å². The maximum Gasteiger partial charge on any atom is 0.293 e. The summed E-state index contributed by atoms with van der Waals surface area (Å²) in [6.07, 6.45) is 0. The van der Waals surface area contributed by atoms with E-state index in [1.807, 2.05) is 29.6 Å². The van der Waals surface area contributed by atoms with Gasteiger partial charge in [-0.05, 0) is 24.3 Å². The highest BCUT2D eigenvalue weighted by atomic mass is 32.1. The number of furan rings is 1. The van der Waals surface area contributed by atoms with E-state index in [-0.39, 0.29) is 11.7 Å². The van der Waals surface area contributed by atoms with Crippen LogP contribution < -0.4 is 19.5 Å². The van der Waals surface area contributed by atoms with Crippen molar-refractivity contribution < 1.29 is 23.4 Å². The van der Waals surface area contributed by atoms with Gasteiger partial charge < -0.3 is 18.6 Å². The number of carbonyl (C=O) groups is 1. The highest BCUT2D eigenvalue weighted by Gasteiger charge is 2.17. The van der Waals surface area contributed by atoms with Crippen LogP contribution in [0.2, 0.25) is 0 Å². The number of methoxy groups -OCH3 is 3. The van der Waals surface area contributed by atoms with Crippen LogP contribution in [-0.4, -0.2) is 32.2 Å². The zero-order valence-electron chi connectivity index (χ0n) is 16.0. The van der Waals surface area contributed by atoms with Crippen molar-refractivity contribution in [1.29, 1.82) is 0 Å². The largest absolute Gasteiger partial charge is 0.497 e. The van der Waals surface area contributed by atoms with Crippen LogP contribution in [0.25, 0.3) is 22.2 Å². The molecule has 0 radical (unpaired) electrons. The first-order valence-corrected chi connectivity index (χ1v) is 9.56. The van der Waals surface area contributed by atoms with E-state index in [0.717, 1.165) is 10.9 Å². The summed E-state index contributed by atoms with van der Waals surface area (Å²) in [5.74, 6) is 1.70. The number of benzene rings is 2. The Kier molecular flexibility index (Phi) is 5.09. The second-order valence-electron chi connectivity index (χ2n) is 6.05. The van der Waals surface area contributed by atoms with Gasteiger partial charge >= 0.3 is 0 Å². The molecule has 4 aromatic rings. The number of aromatic nitrogens is 1. The van der Waals surface area contributed by atoms with E-state index in [1.54, 1.807) is 39.5 Å².